The van der Waals surface area contributed by atoms with Crippen molar-refractivity contribution >= 4 is 0 Å². The van der Waals surface area contributed by atoms with Crippen molar-refractivity contribution in [3.8, 4) is 0 Å². The van der Waals surface area contributed by atoms with Gasteiger partial charge in [0.15, 0.2) is 0 Å². The van der Waals surface area contributed by atoms with E-state index in [0.717, 1.165) is 45.9 Å². The van der Waals surface area contributed by atoms with E-state index in [1.165, 1.54) is 56.3 Å². The Hall–Kier alpha value is -0.950. The molecule has 0 spiro atoms. The van der Waals surface area contributed by atoms with E-state index in [1.54, 1.807) is 5.56 Å². The Morgan fingerprint density at radius 3 is 2.40 bits per heavy atom. The van der Waals surface area contributed by atoms with Crippen molar-refractivity contribution in [2.75, 3.05) is 47.1 Å². The van der Waals surface area contributed by atoms with Crippen molar-refractivity contribution < 1.29 is 9.47 Å². The molecule has 1 aromatic rings. The van der Waals surface area contributed by atoms with Crippen LogP contribution in [0.25, 0.3) is 0 Å². The number of fused-ring (bicyclic) bond motifs is 1. The zero-order chi connectivity index (χ0) is 21.4. The molecule has 1 aliphatic heterocycles. The van der Waals surface area contributed by atoms with Crippen molar-refractivity contribution in [1.82, 2.24) is 20.4 Å². The average Bonchev–Trinajstić information content (AvgIpc) is 3.14. The molecule has 1 atom stereocenters. The molecule has 1 saturated carbocycles. The van der Waals surface area contributed by atoms with E-state index < -0.39 is 0 Å². The van der Waals surface area contributed by atoms with E-state index in [9.17, 15) is 0 Å². The number of hydrogen-bond acceptors (Lipinski definition) is 5. The van der Waals surface area contributed by atoms with Gasteiger partial charge in [-0.2, -0.15) is 5.10 Å². The van der Waals surface area contributed by atoms with Gasteiger partial charge in [-0.3, -0.25) is 4.68 Å². The minimum atomic E-state index is 0.190. The summed E-state index contributed by atoms with van der Waals surface area (Å²) in [7, 11) is 4.09. The molecule has 3 rings (SSSR count). The normalized spacial score (nSPS) is 20.3. The summed E-state index contributed by atoms with van der Waals surface area (Å²) in [5, 5.41) is 11.9. The molecule has 1 unspecified atom stereocenters. The Morgan fingerprint density at radius 1 is 1.10 bits per heavy atom. The van der Waals surface area contributed by atoms with Crippen LogP contribution in [0, 0.1) is 5.41 Å². The summed E-state index contributed by atoms with van der Waals surface area (Å²) in [5.74, 6) is 0.630. The van der Waals surface area contributed by atoms with Crippen LogP contribution in [0.3, 0.4) is 0 Å². The lowest BCUT2D eigenvalue weighted by Gasteiger charge is -2.40. The summed E-state index contributed by atoms with van der Waals surface area (Å²) >= 11 is 0. The summed E-state index contributed by atoms with van der Waals surface area (Å²) in [6.45, 7) is 9.48. The number of aryl methyl sites for hydroxylation is 1. The molecule has 0 radical (unpaired) electrons. The molecule has 0 saturated heterocycles. The van der Waals surface area contributed by atoms with Crippen molar-refractivity contribution in [3.63, 3.8) is 0 Å². The number of nitrogens with zero attached hydrogens (tertiary/aromatic N) is 2. The molecule has 0 aromatic carbocycles. The average molecular weight is 421 g/mol. The smallest absolute Gasteiger partial charge is 0.0678 e. The maximum Gasteiger partial charge on any atom is 0.0678 e. The summed E-state index contributed by atoms with van der Waals surface area (Å²) in [6.07, 6.45) is 9.58. The number of hydrogen-bond donors (Lipinski definition) is 2. The highest BCUT2D eigenvalue weighted by Crippen LogP contribution is 2.46. The third kappa shape index (κ3) is 5.64. The quantitative estimate of drug-likeness (QED) is 0.543. The molecule has 1 fully saturated rings. The van der Waals surface area contributed by atoms with Crippen LogP contribution in [0.4, 0.5) is 0 Å². The minimum Gasteiger partial charge on any atom is -0.381 e. The van der Waals surface area contributed by atoms with E-state index in [1.807, 2.05) is 7.05 Å². The van der Waals surface area contributed by atoms with Gasteiger partial charge in [0.2, 0.25) is 0 Å². The lowest BCUT2D eigenvalue weighted by Crippen LogP contribution is -2.38. The summed E-state index contributed by atoms with van der Waals surface area (Å²) in [6, 6.07) is 0.421. The minimum absolute atomic E-state index is 0.190. The molecular formula is C24H44N4O2. The van der Waals surface area contributed by atoms with Gasteiger partial charge in [-0.1, -0.05) is 0 Å². The molecule has 2 aliphatic rings. The first-order valence-electron chi connectivity index (χ1n) is 12.2. The van der Waals surface area contributed by atoms with Crippen LogP contribution in [0.2, 0.25) is 0 Å². The highest BCUT2D eigenvalue weighted by molar-refractivity contribution is 5.33. The molecule has 172 valence electrons. The molecule has 1 aliphatic carbocycles. The second-order valence-corrected chi connectivity index (χ2v) is 9.28. The fraction of sp³-hybridized carbons (Fsp3) is 0.875. The molecule has 0 bridgehead atoms. The maximum atomic E-state index is 5.90. The first-order valence-corrected chi connectivity index (χ1v) is 12.2. The van der Waals surface area contributed by atoms with Gasteiger partial charge in [0.05, 0.1) is 18.9 Å². The van der Waals surface area contributed by atoms with Crippen LogP contribution < -0.4 is 10.6 Å². The zero-order valence-corrected chi connectivity index (χ0v) is 19.8. The molecule has 6 heteroatoms. The van der Waals surface area contributed by atoms with Crippen molar-refractivity contribution in [2.45, 2.75) is 83.7 Å². The molecule has 0 amide bonds. The Bertz CT molecular complexity index is 627. The lowest BCUT2D eigenvalue weighted by atomic mass is 9.69. The third-order valence-corrected chi connectivity index (χ3v) is 7.19. The van der Waals surface area contributed by atoms with Crippen LogP contribution in [-0.4, -0.2) is 62.9 Å². The Kier molecular flexibility index (Phi) is 9.17. The predicted octanol–water partition coefficient (Wildman–Crippen LogP) is 3.29. The monoisotopic (exact) mass is 420 g/mol. The predicted molar refractivity (Wildman–Crippen MR) is 122 cm³/mol. The van der Waals surface area contributed by atoms with Crippen LogP contribution in [0.5, 0.6) is 0 Å². The number of likely N-dealkylation sites (N-methyl/N-ethyl adjacent to an activating group) is 2. The molecule has 6 nitrogen and oxygen atoms in total. The molecule has 30 heavy (non-hydrogen) atoms. The van der Waals surface area contributed by atoms with E-state index in [2.05, 4.69) is 36.2 Å². The van der Waals surface area contributed by atoms with Crippen LogP contribution >= 0.6 is 0 Å². The lowest BCUT2D eigenvalue weighted by molar-refractivity contribution is -0.0395. The van der Waals surface area contributed by atoms with Gasteiger partial charge in [-0.25, -0.2) is 0 Å². The van der Waals surface area contributed by atoms with Crippen LogP contribution in [0.15, 0.2) is 0 Å². The fourth-order valence-corrected chi connectivity index (χ4v) is 5.43. The van der Waals surface area contributed by atoms with Crippen LogP contribution in [-0.2, 0) is 28.9 Å². The third-order valence-electron chi connectivity index (χ3n) is 7.19. The first kappa shape index (κ1) is 23.7. The number of nitrogens with one attached hydrogen (secondary N) is 2. The summed E-state index contributed by atoms with van der Waals surface area (Å²) < 4.78 is 14.1. The first-order chi connectivity index (χ1) is 14.7. The van der Waals surface area contributed by atoms with Crippen molar-refractivity contribution in [1.29, 1.82) is 0 Å². The fourth-order valence-electron chi connectivity index (χ4n) is 5.43. The van der Waals surface area contributed by atoms with E-state index in [-0.39, 0.29) is 5.41 Å². The number of rotatable bonds is 12. The number of aromatic nitrogens is 2. The van der Waals surface area contributed by atoms with Crippen molar-refractivity contribution in [2.24, 2.45) is 5.41 Å². The SMILES string of the molecule is CCOCC1(COCC)CCC(c2c(CC(CNC)NC)nn3c2CCCC3)CC1. The highest BCUT2D eigenvalue weighted by Gasteiger charge is 2.38. The topological polar surface area (TPSA) is 60.3 Å². The van der Waals surface area contributed by atoms with Crippen molar-refractivity contribution in [3.05, 3.63) is 17.0 Å². The molecule has 2 N–H and O–H groups in total. The number of ether oxygens (including phenoxy) is 2. The molecule has 2 heterocycles. The largest absolute Gasteiger partial charge is 0.381 e. The highest BCUT2D eigenvalue weighted by atomic mass is 16.5. The van der Waals surface area contributed by atoms with Crippen LogP contribution in [0.1, 0.15) is 75.2 Å². The Morgan fingerprint density at radius 2 is 1.80 bits per heavy atom. The van der Waals surface area contributed by atoms with Gasteiger partial charge in [-0.15, -0.1) is 0 Å². The standard InChI is InChI=1S/C24H44N4O2/c1-5-29-17-24(18-30-6-2)12-10-19(11-13-24)23-21(15-20(26-4)16-25-3)27-28-14-8-7-9-22(23)28/h19-20,25-26H,5-18H2,1-4H3. The Balaban J connectivity index is 1.78. The zero-order valence-electron chi connectivity index (χ0n) is 19.8. The maximum absolute atomic E-state index is 5.90. The summed E-state index contributed by atoms with van der Waals surface area (Å²) in [4.78, 5) is 0. The van der Waals surface area contributed by atoms with Gasteiger partial charge in [0.25, 0.3) is 0 Å². The van der Waals surface area contributed by atoms with E-state index in [0.29, 0.717) is 12.0 Å². The van der Waals surface area contributed by atoms with E-state index >= 15 is 0 Å². The van der Waals surface area contributed by atoms with E-state index in [4.69, 9.17) is 14.6 Å². The van der Waals surface area contributed by atoms with Gasteiger partial charge >= 0.3 is 0 Å². The van der Waals surface area contributed by atoms with Gasteiger partial charge < -0.3 is 20.1 Å². The second kappa shape index (κ2) is 11.6. The Labute approximate surface area is 183 Å². The molecular weight excluding hydrogens is 376 g/mol. The van der Waals surface area contributed by atoms with Gasteiger partial charge in [0, 0.05) is 49.9 Å². The van der Waals surface area contributed by atoms with Gasteiger partial charge in [0.1, 0.15) is 0 Å². The molecule has 1 aromatic heterocycles. The summed E-state index contributed by atoms with van der Waals surface area (Å²) in [5.41, 5.74) is 4.65. The van der Waals surface area contributed by atoms with Gasteiger partial charge in [-0.05, 0) is 84.4 Å². The second-order valence-electron chi connectivity index (χ2n) is 9.28.